The van der Waals surface area contributed by atoms with E-state index in [0.717, 1.165) is 0 Å². The zero-order valence-electron chi connectivity index (χ0n) is 11.9. The summed E-state index contributed by atoms with van der Waals surface area (Å²) < 4.78 is 15.2. The molecule has 0 fully saturated rings. The molecule has 0 aliphatic carbocycles. The summed E-state index contributed by atoms with van der Waals surface area (Å²) in [6.45, 7) is 4.89. The van der Waals surface area contributed by atoms with E-state index in [1.165, 1.54) is 4.90 Å². The lowest BCUT2D eigenvalue weighted by atomic mass is 10.3. The van der Waals surface area contributed by atoms with Gasteiger partial charge in [0.2, 0.25) is 5.89 Å². The minimum atomic E-state index is -0.467. The van der Waals surface area contributed by atoms with Crippen LogP contribution < -0.4 is 0 Å². The Morgan fingerprint density at radius 1 is 1.53 bits per heavy atom. The number of nitrogens with zero attached hydrogens (tertiary/aromatic N) is 3. The van der Waals surface area contributed by atoms with Crippen molar-refractivity contribution in [1.82, 2.24) is 15.0 Å². The van der Waals surface area contributed by atoms with Gasteiger partial charge in [0, 0.05) is 27.2 Å². The number of methoxy groups -OCH3 is 1. The van der Waals surface area contributed by atoms with E-state index in [1.807, 2.05) is 6.92 Å². The van der Waals surface area contributed by atoms with Crippen LogP contribution in [0.3, 0.4) is 0 Å². The smallest absolute Gasteiger partial charge is 0.251 e. The van der Waals surface area contributed by atoms with E-state index in [9.17, 15) is 4.79 Å². The molecule has 0 N–H and O–H groups in total. The molecule has 1 rings (SSSR count). The van der Waals surface area contributed by atoms with Crippen LogP contribution in [0.5, 0.6) is 0 Å². The largest absolute Gasteiger partial charge is 0.384 e. The standard InChI is InChI=1S/C12H21N3O4/c1-5-18-9(2)12(16)15(3)8-11-13-10(14-19-11)6-7-17-4/h9H,5-8H2,1-4H3/t9-/m0/s1. The first-order valence-electron chi connectivity index (χ1n) is 6.25. The molecule has 108 valence electrons. The highest BCUT2D eigenvalue weighted by atomic mass is 16.5. The zero-order valence-corrected chi connectivity index (χ0v) is 11.9. The summed E-state index contributed by atoms with van der Waals surface area (Å²) in [5, 5.41) is 3.81. The quantitative estimate of drug-likeness (QED) is 0.690. The van der Waals surface area contributed by atoms with Crippen molar-refractivity contribution in [2.75, 3.05) is 27.4 Å². The minimum absolute atomic E-state index is 0.113. The number of hydrogen-bond acceptors (Lipinski definition) is 6. The molecule has 0 saturated heterocycles. The molecule has 0 bridgehead atoms. The number of ether oxygens (including phenoxy) is 2. The summed E-state index contributed by atoms with van der Waals surface area (Å²) in [5.74, 6) is 0.875. The van der Waals surface area contributed by atoms with Crippen LogP contribution in [-0.4, -0.2) is 54.4 Å². The van der Waals surface area contributed by atoms with Crippen LogP contribution in [-0.2, 0) is 27.2 Å². The average molecular weight is 271 g/mol. The molecule has 1 atom stereocenters. The molecule has 0 saturated carbocycles. The number of likely N-dealkylation sites (N-methyl/N-ethyl adjacent to an activating group) is 1. The molecule has 7 heteroatoms. The SMILES string of the molecule is CCO[C@@H](C)C(=O)N(C)Cc1nc(CCOC)no1. The normalized spacial score (nSPS) is 12.4. The van der Waals surface area contributed by atoms with E-state index in [-0.39, 0.29) is 12.5 Å². The molecule has 1 aromatic heterocycles. The number of rotatable bonds is 8. The lowest BCUT2D eigenvalue weighted by Gasteiger charge is -2.19. The van der Waals surface area contributed by atoms with Gasteiger partial charge in [-0.3, -0.25) is 4.79 Å². The van der Waals surface area contributed by atoms with E-state index >= 15 is 0 Å². The Kier molecular flexibility index (Phi) is 6.44. The summed E-state index contributed by atoms with van der Waals surface area (Å²) in [6, 6.07) is 0. The van der Waals surface area contributed by atoms with Gasteiger partial charge < -0.3 is 18.9 Å². The number of amides is 1. The van der Waals surface area contributed by atoms with E-state index in [4.69, 9.17) is 14.0 Å². The van der Waals surface area contributed by atoms with Crippen molar-refractivity contribution >= 4 is 5.91 Å². The van der Waals surface area contributed by atoms with Gasteiger partial charge in [0.1, 0.15) is 6.10 Å². The highest BCUT2D eigenvalue weighted by Crippen LogP contribution is 2.05. The van der Waals surface area contributed by atoms with Crippen LogP contribution in [0.2, 0.25) is 0 Å². The fourth-order valence-corrected chi connectivity index (χ4v) is 1.56. The number of carbonyl (C=O) groups is 1. The molecule has 1 heterocycles. The molecular weight excluding hydrogens is 250 g/mol. The van der Waals surface area contributed by atoms with Gasteiger partial charge in [-0.15, -0.1) is 0 Å². The summed E-state index contributed by atoms with van der Waals surface area (Å²) in [7, 11) is 3.29. The van der Waals surface area contributed by atoms with E-state index < -0.39 is 6.10 Å². The zero-order chi connectivity index (χ0) is 14.3. The molecule has 0 radical (unpaired) electrons. The Morgan fingerprint density at radius 3 is 2.89 bits per heavy atom. The van der Waals surface area contributed by atoms with Crippen molar-refractivity contribution in [3.63, 3.8) is 0 Å². The van der Waals surface area contributed by atoms with Gasteiger partial charge in [-0.05, 0) is 13.8 Å². The maximum atomic E-state index is 11.9. The van der Waals surface area contributed by atoms with Crippen molar-refractivity contribution in [3.05, 3.63) is 11.7 Å². The number of aromatic nitrogens is 2. The average Bonchev–Trinajstić information content (AvgIpc) is 2.83. The van der Waals surface area contributed by atoms with Gasteiger partial charge in [-0.2, -0.15) is 4.98 Å². The molecule has 1 amide bonds. The second kappa shape index (κ2) is 7.85. The van der Waals surface area contributed by atoms with Gasteiger partial charge in [0.15, 0.2) is 5.82 Å². The third-order valence-corrected chi connectivity index (χ3v) is 2.55. The predicted molar refractivity (Wildman–Crippen MR) is 67.4 cm³/mol. The molecular formula is C12H21N3O4. The maximum Gasteiger partial charge on any atom is 0.251 e. The van der Waals surface area contributed by atoms with Crippen LogP contribution in [0.15, 0.2) is 4.52 Å². The summed E-state index contributed by atoms with van der Waals surface area (Å²) in [5.41, 5.74) is 0. The lowest BCUT2D eigenvalue weighted by molar-refractivity contribution is -0.141. The fraction of sp³-hybridized carbons (Fsp3) is 0.750. The molecule has 7 nitrogen and oxygen atoms in total. The number of hydrogen-bond donors (Lipinski definition) is 0. The lowest BCUT2D eigenvalue weighted by Crippen LogP contribution is -2.36. The van der Waals surface area contributed by atoms with Crippen LogP contribution in [0.25, 0.3) is 0 Å². The van der Waals surface area contributed by atoms with Crippen LogP contribution >= 0.6 is 0 Å². The topological polar surface area (TPSA) is 77.7 Å². The highest BCUT2D eigenvalue weighted by Gasteiger charge is 2.19. The van der Waals surface area contributed by atoms with Gasteiger partial charge in [0.05, 0.1) is 13.2 Å². The predicted octanol–water partition coefficient (Wildman–Crippen LogP) is 0.642. The van der Waals surface area contributed by atoms with Crippen molar-refractivity contribution < 1.29 is 18.8 Å². The van der Waals surface area contributed by atoms with E-state index in [1.54, 1.807) is 21.1 Å². The Bertz CT molecular complexity index is 394. The number of carbonyl (C=O) groups excluding carboxylic acids is 1. The van der Waals surface area contributed by atoms with Crippen LogP contribution in [0, 0.1) is 0 Å². The van der Waals surface area contributed by atoms with Gasteiger partial charge >= 0.3 is 0 Å². The molecule has 0 aromatic carbocycles. The highest BCUT2D eigenvalue weighted by molar-refractivity contribution is 5.80. The summed E-state index contributed by atoms with van der Waals surface area (Å²) >= 11 is 0. The van der Waals surface area contributed by atoms with Gasteiger partial charge in [0.25, 0.3) is 5.91 Å². The molecule has 1 aromatic rings. The van der Waals surface area contributed by atoms with Gasteiger partial charge in [-0.25, -0.2) is 0 Å². The minimum Gasteiger partial charge on any atom is -0.384 e. The Morgan fingerprint density at radius 2 is 2.26 bits per heavy atom. The molecule has 0 spiro atoms. The Hall–Kier alpha value is -1.47. The van der Waals surface area contributed by atoms with Crippen molar-refractivity contribution in [2.24, 2.45) is 0 Å². The summed E-state index contributed by atoms with van der Waals surface area (Å²) in [4.78, 5) is 17.6. The van der Waals surface area contributed by atoms with Crippen molar-refractivity contribution in [3.8, 4) is 0 Å². The van der Waals surface area contributed by atoms with Crippen LogP contribution in [0.1, 0.15) is 25.6 Å². The first kappa shape index (κ1) is 15.6. The molecule has 0 aliphatic rings. The second-order valence-corrected chi connectivity index (χ2v) is 4.14. The fourth-order valence-electron chi connectivity index (χ4n) is 1.56. The third-order valence-electron chi connectivity index (χ3n) is 2.55. The molecule has 0 aliphatic heterocycles. The van der Waals surface area contributed by atoms with Crippen LogP contribution in [0.4, 0.5) is 0 Å². The Balaban J connectivity index is 2.49. The second-order valence-electron chi connectivity index (χ2n) is 4.14. The Labute approximate surface area is 112 Å². The van der Waals surface area contributed by atoms with Gasteiger partial charge in [-0.1, -0.05) is 5.16 Å². The molecule has 0 unspecified atom stereocenters. The first-order valence-corrected chi connectivity index (χ1v) is 6.25. The first-order chi connectivity index (χ1) is 9.08. The van der Waals surface area contributed by atoms with Crippen molar-refractivity contribution in [1.29, 1.82) is 0 Å². The van der Waals surface area contributed by atoms with E-state index in [0.29, 0.717) is 31.3 Å². The van der Waals surface area contributed by atoms with E-state index in [2.05, 4.69) is 10.1 Å². The third kappa shape index (κ3) is 4.96. The van der Waals surface area contributed by atoms with Crippen molar-refractivity contribution in [2.45, 2.75) is 32.9 Å². The summed E-state index contributed by atoms with van der Waals surface area (Å²) in [6.07, 6.45) is 0.124. The maximum absolute atomic E-state index is 11.9. The molecule has 19 heavy (non-hydrogen) atoms. The monoisotopic (exact) mass is 271 g/mol.